The summed E-state index contributed by atoms with van der Waals surface area (Å²) in [6, 6.07) is 0.533. The summed E-state index contributed by atoms with van der Waals surface area (Å²) in [6.45, 7) is 6.01. The molecular formula is C14H26N2O. The molecule has 3 heteroatoms. The lowest BCUT2D eigenvalue weighted by Crippen LogP contribution is -2.45. The summed E-state index contributed by atoms with van der Waals surface area (Å²) < 4.78 is 0. The molecule has 2 rings (SSSR count). The Morgan fingerprint density at radius 2 is 1.94 bits per heavy atom. The maximum atomic E-state index is 11.6. The number of hydrogen-bond donors (Lipinski definition) is 2. The Morgan fingerprint density at radius 1 is 1.18 bits per heavy atom. The van der Waals surface area contributed by atoms with Crippen LogP contribution in [0.2, 0.25) is 0 Å². The Balaban J connectivity index is 1.63. The van der Waals surface area contributed by atoms with Gasteiger partial charge in [-0.1, -0.05) is 26.7 Å². The van der Waals surface area contributed by atoms with E-state index in [1.807, 2.05) is 0 Å². The van der Waals surface area contributed by atoms with Crippen LogP contribution in [0.1, 0.15) is 46.0 Å². The van der Waals surface area contributed by atoms with Crippen molar-refractivity contribution in [3.8, 4) is 0 Å². The van der Waals surface area contributed by atoms with Crippen LogP contribution >= 0.6 is 0 Å². The van der Waals surface area contributed by atoms with Crippen molar-refractivity contribution in [1.29, 1.82) is 0 Å². The zero-order valence-corrected chi connectivity index (χ0v) is 11.2. The quantitative estimate of drug-likeness (QED) is 0.768. The summed E-state index contributed by atoms with van der Waals surface area (Å²) in [7, 11) is 0. The molecule has 0 heterocycles. The molecule has 0 bridgehead atoms. The van der Waals surface area contributed by atoms with Gasteiger partial charge in [-0.05, 0) is 37.0 Å². The molecule has 0 aromatic carbocycles. The van der Waals surface area contributed by atoms with Gasteiger partial charge in [0.15, 0.2) is 0 Å². The van der Waals surface area contributed by atoms with Crippen LogP contribution in [-0.4, -0.2) is 25.0 Å². The Bertz CT molecular complexity index is 263. The maximum Gasteiger partial charge on any atom is 0.233 e. The number of amides is 1. The van der Waals surface area contributed by atoms with E-state index in [0.29, 0.717) is 18.5 Å². The van der Waals surface area contributed by atoms with Gasteiger partial charge in [0.05, 0.1) is 6.54 Å². The first-order valence-corrected chi connectivity index (χ1v) is 7.17. The van der Waals surface area contributed by atoms with Crippen molar-refractivity contribution in [2.75, 3.05) is 13.1 Å². The minimum absolute atomic E-state index is 0.169. The van der Waals surface area contributed by atoms with E-state index < -0.39 is 0 Å². The molecule has 2 aliphatic carbocycles. The van der Waals surface area contributed by atoms with E-state index in [9.17, 15) is 4.79 Å². The lowest BCUT2D eigenvalue weighted by Gasteiger charge is -2.34. The van der Waals surface area contributed by atoms with Crippen molar-refractivity contribution < 1.29 is 4.79 Å². The van der Waals surface area contributed by atoms with Gasteiger partial charge >= 0.3 is 0 Å². The summed E-state index contributed by atoms with van der Waals surface area (Å²) in [4.78, 5) is 11.6. The van der Waals surface area contributed by atoms with E-state index >= 15 is 0 Å². The van der Waals surface area contributed by atoms with E-state index in [1.165, 1.54) is 32.1 Å². The van der Waals surface area contributed by atoms with Crippen LogP contribution in [0, 0.1) is 17.8 Å². The normalized spacial score (nSPS) is 33.4. The van der Waals surface area contributed by atoms with Gasteiger partial charge in [-0.15, -0.1) is 0 Å². The number of rotatable bonds is 5. The van der Waals surface area contributed by atoms with Crippen LogP contribution in [0.3, 0.4) is 0 Å². The minimum Gasteiger partial charge on any atom is -0.355 e. The van der Waals surface area contributed by atoms with Crippen LogP contribution in [0.4, 0.5) is 0 Å². The Hall–Kier alpha value is -0.570. The second-order valence-corrected chi connectivity index (χ2v) is 6.00. The molecule has 3 atom stereocenters. The molecule has 0 radical (unpaired) electrons. The molecule has 2 saturated carbocycles. The fourth-order valence-corrected chi connectivity index (χ4v) is 2.74. The Kier molecular flexibility index (Phi) is 4.43. The van der Waals surface area contributed by atoms with Gasteiger partial charge < -0.3 is 10.6 Å². The standard InChI is InChI=1S/C14H26N2O/c1-10-4-3-5-13(11(10)2)15-9-14(17)16-8-12-6-7-12/h10-13,15H,3-9H2,1-2H3,(H,16,17). The Labute approximate surface area is 105 Å². The highest BCUT2D eigenvalue weighted by Gasteiger charge is 2.27. The van der Waals surface area contributed by atoms with Crippen molar-refractivity contribution in [2.24, 2.45) is 17.8 Å². The van der Waals surface area contributed by atoms with Gasteiger partial charge in [0.25, 0.3) is 0 Å². The predicted octanol–water partition coefficient (Wildman–Crippen LogP) is 1.93. The van der Waals surface area contributed by atoms with E-state index in [-0.39, 0.29) is 5.91 Å². The van der Waals surface area contributed by atoms with E-state index in [0.717, 1.165) is 18.4 Å². The lowest BCUT2D eigenvalue weighted by molar-refractivity contribution is -0.120. The van der Waals surface area contributed by atoms with Gasteiger partial charge in [0.2, 0.25) is 5.91 Å². The molecule has 0 saturated heterocycles. The molecule has 3 unspecified atom stereocenters. The predicted molar refractivity (Wildman–Crippen MR) is 69.7 cm³/mol. The average molecular weight is 238 g/mol. The topological polar surface area (TPSA) is 41.1 Å². The fourth-order valence-electron chi connectivity index (χ4n) is 2.74. The first-order valence-electron chi connectivity index (χ1n) is 7.17. The van der Waals surface area contributed by atoms with Crippen LogP contribution in [0.5, 0.6) is 0 Å². The number of carbonyl (C=O) groups excluding carboxylic acids is 1. The van der Waals surface area contributed by atoms with Crippen molar-refractivity contribution in [3.05, 3.63) is 0 Å². The molecule has 1 amide bonds. The zero-order chi connectivity index (χ0) is 12.3. The van der Waals surface area contributed by atoms with Gasteiger partial charge in [-0.3, -0.25) is 4.79 Å². The highest BCUT2D eigenvalue weighted by Crippen LogP contribution is 2.29. The third-order valence-corrected chi connectivity index (χ3v) is 4.52. The highest BCUT2D eigenvalue weighted by atomic mass is 16.1. The second-order valence-electron chi connectivity index (χ2n) is 6.00. The van der Waals surface area contributed by atoms with E-state index in [1.54, 1.807) is 0 Å². The van der Waals surface area contributed by atoms with E-state index in [4.69, 9.17) is 0 Å². The van der Waals surface area contributed by atoms with Crippen molar-refractivity contribution in [3.63, 3.8) is 0 Å². The molecule has 2 fully saturated rings. The molecule has 17 heavy (non-hydrogen) atoms. The van der Waals surface area contributed by atoms with Gasteiger partial charge in [-0.2, -0.15) is 0 Å². The first-order chi connectivity index (χ1) is 8.16. The summed E-state index contributed by atoms with van der Waals surface area (Å²) in [5.41, 5.74) is 0. The van der Waals surface area contributed by atoms with Crippen LogP contribution in [-0.2, 0) is 4.79 Å². The molecule has 2 aliphatic rings. The van der Waals surface area contributed by atoms with Gasteiger partial charge in [0, 0.05) is 12.6 Å². The van der Waals surface area contributed by atoms with E-state index in [2.05, 4.69) is 24.5 Å². The lowest BCUT2D eigenvalue weighted by atomic mass is 9.78. The Morgan fingerprint density at radius 3 is 2.65 bits per heavy atom. The fraction of sp³-hybridized carbons (Fsp3) is 0.929. The molecule has 0 aromatic heterocycles. The molecular weight excluding hydrogens is 212 g/mol. The van der Waals surface area contributed by atoms with Crippen LogP contribution in [0.25, 0.3) is 0 Å². The van der Waals surface area contributed by atoms with Gasteiger partial charge in [-0.25, -0.2) is 0 Å². The largest absolute Gasteiger partial charge is 0.355 e. The second kappa shape index (κ2) is 5.85. The molecule has 2 N–H and O–H groups in total. The highest BCUT2D eigenvalue weighted by molar-refractivity contribution is 5.78. The molecule has 0 aliphatic heterocycles. The first kappa shape index (κ1) is 12.9. The SMILES string of the molecule is CC1CCCC(NCC(=O)NCC2CC2)C1C. The summed E-state index contributed by atoms with van der Waals surface area (Å²) in [5.74, 6) is 2.42. The smallest absolute Gasteiger partial charge is 0.233 e. The number of carbonyl (C=O) groups is 1. The number of nitrogens with one attached hydrogen (secondary N) is 2. The third kappa shape index (κ3) is 3.98. The van der Waals surface area contributed by atoms with Crippen LogP contribution < -0.4 is 10.6 Å². The summed E-state index contributed by atoms with van der Waals surface area (Å²) >= 11 is 0. The minimum atomic E-state index is 0.169. The maximum absolute atomic E-state index is 11.6. The third-order valence-electron chi connectivity index (χ3n) is 4.52. The number of hydrogen-bond acceptors (Lipinski definition) is 2. The molecule has 0 spiro atoms. The van der Waals surface area contributed by atoms with Crippen molar-refractivity contribution in [2.45, 2.75) is 52.0 Å². The van der Waals surface area contributed by atoms with Crippen molar-refractivity contribution >= 4 is 5.91 Å². The van der Waals surface area contributed by atoms with Crippen LogP contribution in [0.15, 0.2) is 0 Å². The molecule has 3 nitrogen and oxygen atoms in total. The van der Waals surface area contributed by atoms with Crippen molar-refractivity contribution in [1.82, 2.24) is 10.6 Å². The molecule has 98 valence electrons. The average Bonchev–Trinajstić information content (AvgIpc) is 3.12. The van der Waals surface area contributed by atoms with Gasteiger partial charge in [0.1, 0.15) is 0 Å². The zero-order valence-electron chi connectivity index (χ0n) is 11.2. The monoisotopic (exact) mass is 238 g/mol. The molecule has 0 aromatic rings. The summed E-state index contributed by atoms with van der Waals surface area (Å²) in [6.07, 6.45) is 6.46. The summed E-state index contributed by atoms with van der Waals surface area (Å²) in [5, 5.41) is 6.44.